The molecule has 0 aliphatic carbocycles. The van der Waals surface area contributed by atoms with E-state index in [-0.39, 0.29) is 18.6 Å². The van der Waals surface area contributed by atoms with Gasteiger partial charge in [0.15, 0.2) is 0 Å². The second-order valence-corrected chi connectivity index (χ2v) is 4.17. The van der Waals surface area contributed by atoms with E-state index in [4.69, 9.17) is 10.5 Å². The van der Waals surface area contributed by atoms with E-state index >= 15 is 0 Å². The van der Waals surface area contributed by atoms with Crippen LogP contribution in [0.25, 0.3) is 0 Å². The summed E-state index contributed by atoms with van der Waals surface area (Å²) in [6.07, 6.45) is 1.91. The van der Waals surface area contributed by atoms with Gasteiger partial charge in [-0.2, -0.15) is 0 Å². The van der Waals surface area contributed by atoms with E-state index in [1.54, 1.807) is 7.11 Å². The average Bonchev–Trinajstić information content (AvgIpc) is 2.30. The molecule has 0 saturated heterocycles. The number of hydrogen-bond donors (Lipinski definition) is 1. The Labute approximate surface area is 101 Å². The Kier molecular flexibility index (Phi) is 5.51. The lowest BCUT2D eigenvalue weighted by Gasteiger charge is -2.22. The quantitative estimate of drug-likeness (QED) is 0.833. The second kappa shape index (κ2) is 6.67. The number of hydrogen-bond acceptors (Lipinski definition) is 2. The Hall–Kier alpha value is -1.00. The van der Waals surface area contributed by atoms with Gasteiger partial charge in [0.2, 0.25) is 0 Å². The Morgan fingerprint density at radius 2 is 2.06 bits per heavy atom. The van der Waals surface area contributed by atoms with E-state index < -0.39 is 11.6 Å². The zero-order valence-electron chi connectivity index (χ0n) is 10.2. The standard InChI is InChI=1S/C13H19F2NO/c1-3-4-13(17-2)12(16)8-9-7-10(14)5-6-11(9)15/h5-7,12-13H,3-4,8,16H2,1-2H3. The molecule has 0 spiro atoms. The molecule has 2 unspecified atom stereocenters. The van der Waals surface area contributed by atoms with Crippen LogP contribution in [0.3, 0.4) is 0 Å². The van der Waals surface area contributed by atoms with Gasteiger partial charge in [-0.05, 0) is 36.6 Å². The predicted octanol–water partition coefficient (Wildman–Crippen LogP) is 2.65. The molecular formula is C13H19F2NO. The first kappa shape index (κ1) is 14.1. The van der Waals surface area contributed by atoms with Crippen molar-refractivity contribution in [2.45, 2.75) is 38.3 Å². The molecule has 2 N–H and O–H groups in total. The molecule has 2 nitrogen and oxygen atoms in total. The monoisotopic (exact) mass is 243 g/mol. The van der Waals surface area contributed by atoms with Crippen molar-refractivity contribution < 1.29 is 13.5 Å². The molecule has 17 heavy (non-hydrogen) atoms. The van der Waals surface area contributed by atoms with Crippen LogP contribution in [0.2, 0.25) is 0 Å². The van der Waals surface area contributed by atoms with Gasteiger partial charge >= 0.3 is 0 Å². The maximum absolute atomic E-state index is 13.4. The first-order chi connectivity index (χ1) is 8.08. The van der Waals surface area contributed by atoms with Crippen molar-refractivity contribution in [2.75, 3.05) is 7.11 Å². The van der Waals surface area contributed by atoms with Crippen LogP contribution in [-0.2, 0) is 11.2 Å². The lowest BCUT2D eigenvalue weighted by atomic mass is 9.99. The van der Waals surface area contributed by atoms with Crippen LogP contribution in [-0.4, -0.2) is 19.3 Å². The van der Waals surface area contributed by atoms with Crippen LogP contribution < -0.4 is 5.73 Å². The summed E-state index contributed by atoms with van der Waals surface area (Å²) in [7, 11) is 1.59. The number of rotatable bonds is 6. The lowest BCUT2D eigenvalue weighted by molar-refractivity contribution is 0.0724. The maximum Gasteiger partial charge on any atom is 0.126 e. The van der Waals surface area contributed by atoms with Crippen LogP contribution in [0, 0.1) is 11.6 Å². The van der Waals surface area contributed by atoms with E-state index in [2.05, 4.69) is 0 Å². The Morgan fingerprint density at radius 3 is 2.65 bits per heavy atom. The van der Waals surface area contributed by atoms with E-state index in [0.717, 1.165) is 25.0 Å². The van der Waals surface area contributed by atoms with E-state index in [9.17, 15) is 8.78 Å². The molecule has 0 aliphatic rings. The molecule has 0 saturated carbocycles. The number of nitrogens with two attached hydrogens (primary N) is 1. The van der Waals surface area contributed by atoms with Crippen molar-refractivity contribution in [1.29, 1.82) is 0 Å². The van der Waals surface area contributed by atoms with Crippen LogP contribution in [0.15, 0.2) is 18.2 Å². The summed E-state index contributed by atoms with van der Waals surface area (Å²) in [5.74, 6) is -0.869. The summed E-state index contributed by atoms with van der Waals surface area (Å²) in [6.45, 7) is 2.03. The highest BCUT2D eigenvalue weighted by atomic mass is 19.1. The first-order valence-electron chi connectivity index (χ1n) is 5.80. The zero-order valence-corrected chi connectivity index (χ0v) is 10.2. The van der Waals surface area contributed by atoms with Crippen molar-refractivity contribution in [1.82, 2.24) is 0 Å². The molecule has 4 heteroatoms. The predicted molar refractivity (Wildman–Crippen MR) is 63.7 cm³/mol. The summed E-state index contributed by atoms with van der Waals surface area (Å²) in [5.41, 5.74) is 6.25. The third-order valence-electron chi connectivity index (χ3n) is 2.82. The number of ether oxygens (including phenoxy) is 1. The molecule has 0 heterocycles. The average molecular weight is 243 g/mol. The fourth-order valence-corrected chi connectivity index (χ4v) is 1.88. The summed E-state index contributed by atoms with van der Waals surface area (Å²) >= 11 is 0. The minimum atomic E-state index is -0.446. The van der Waals surface area contributed by atoms with Gasteiger partial charge in [0.25, 0.3) is 0 Å². The number of benzene rings is 1. The molecule has 0 aliphatic heterocycles. The highest BCUT2D eigenvalue weighted by molar-refractivity contribution is 5.20. The normalized spacial score (nSPS) is 14.6. The number of halogens is 2. The molecule has 0 aromatic heterocycles. The molecule has 0 bridgehead atoms. The Bertz CT molecular complexity index is 357. The smallest absolute Gasteiger partial charge is 0.126 e. The van der Waals surface area contributed by atoms with Gasteiger partial charge in [-0.25, -0.2) is 8.78 Å². The minimum Gasteiger partial charge on any atom is -0.380 e. The van der Waals surface area contributed by atoms with Crippen LogP contribution in [0.5, 0.6) is 0 Å². The van der Waals surface area contributed by atoms with Crippen molar-refractivity contribution in [2.24, 2.45) is 5.73 Å². The highest BCUT2D eigenvalue weighted by Crippen LogP contribution is 2.15. The molecule has 2 atom stereocenters. The molecule has 0 amide bonds. The molecule has 1 rings (SSSR count). The summed E-state index contributed by atoms with van der Waals surface area (Å²) < 4.78 is 31.7. The molecule has 1 aromatic rings. The van der Waals surface area contributed by atoms with Crippen molar-refractivity contribution in [3.8, 4) is 0 Å². The van der Waals surface area contributed by atoms with Crippen LogP contribution in [0.4, 0.5) is 8.78 Å². The molecular weight excluding hydrogens is 224 g/mol. The SMILES string of the molecule is CCCC(OC)C(N)Cc1cc(F)ccc1F. The minimum absolute atomic E-state index is 0.123. The van der Waals surface area contributed by atoms with Crippen LogP contribution >= 0.6 is 0 Å². The Morgan fingerprint density at radius 1 is 1.35 bits per heavy atom. The molecule has 0 fully saturated rings. The van der Waals surface area contributed by atoms with E-state index in [0.29, 0.717) is 5.56 Å². The van der Waals surface area contributed by atoms with Crippen LogP contribution in [0.1, 0.15) is 25.3 Å². The van der Waals surface area contributed by atoms with Gasteiger partial charge in [-0.1, -0.05) is 13.3 Å². The van der Waals surface area contributed by atoms with Gasteiger partial charge in [-0.15, -0.1) is 0 Å². The topological polar surface area (TPSA) is 35.2 Å². The third-order valence-corrected chi connectivity index (χ3v) is 2.82. The van der Waals surface area contributed by atoms with Crippen molar-refractivity contribution in [3.63, 3.8) is 0 Å². The third kappa shape index (κ3) is 4.06. The fraction of sp³-hybridized carbons (Fsp3) is 0.538. The zero-order chi connectivity index (χ0) is 12.8. The molecule has 0 radical (unpaired) electrons. The summed E-state index contributed by atoms with van der Waals surface area (Å²) in [4.78, 5) is 0. The second-order valence-electron chi connectivity index (χ2n) is 4.17. The first-order valence-corrected chi connectivity index (χ1v) is 5.80. The Balaban J connectivity index is 2.72. The van der Waals surface area contributed by atoms with Gasteiger partial charge < -0.3 is 10.5 Å². The van der Waals surface area contributed by atoms with Crippen molar-refractivity contribution >= 4 is 0 Å². The summed E-state index contributed by atoms with van der Waals surface area (Å²) in [6, 6.07) is 3.09. The molecule has 96 valence electrons. The van der Waals surface area contributed by atoms with Gasteiger partial charge in [0.05, 0.1) is 6.10 Å². The van der Waals surface area contributed by atoms with Crippen molar-refractivity contribution in [3.05, 3.63) is 35.4 Å². The number of methoxy groups -OCH3 is 1. The van der Waals surface area contributed by atoms with Gasteiger partial charge in [-0.3, -0.25) is 0 Å². The highest BCUT2D eigenvalue weighted by Gasteiger charge is 2.18. The van der Waals surface area contributed by atoms with E-state index in [1.165, 1.54) is 6.07 Å². The summed E-state index contributed by atoms with van der Waals surface area (Å²) in [5, 5.41) is 0. The van der Waals surface area contributed by atoms with E-state index in [1.807, 2.05) is 6.92 Å². The lowest BCUT2D eigenvalue weighted by Crippen LogP contribution is -2.38. The fourth-order valence-electron chi connectivity index (χ4n) is 1.88. The largest absolute Gasteiger partial charge is 0.380 e. The van der Waals surface area contributed by atoms with Gasteiger partial charge in [0.1, 0.15) is 11.6 Å². The van der Waals surface area contributed by atoms with Gasteiger partial charge in [0, 0.05) is 13.2 Å². The maximum atomic E-state index is 13.4. The molecule has 1 aromatic carbocycles.